The van der Waals surface area contributed by atoms with E-state index in [1.807, 2.05) is 24.3 Å². The third kappa shape index (κ3) is 4.28. The van der Waals surface area contributed by atoms with E-state index in [4.69, 9.17) is 9.15 Å². The smallest absolute Gasteiger partial charge is 0.277 e. The molecular weight excluding hydrogens is 256 g/mol. The molecule has 1 amide bonds. The number of nitrogens with one attached hydrogen (secondary N) is 1. The highest BCUT2D eigenvalue weighted by atomic mass is 16.5. The van der Waals surface area contributed by atoms with Crippen LogP contribution in [0.25, 0.3) is 0 Å². The van der Waals surface area contributed by atoms with Gasteiger partial charge in [0.2, 0.25) is 0 Å². The lowest BCUT2D eigenvalue weighted by Gasteiger charge is -2.06. The Hall–Kier alpha value is -2.56. The summed E-state index contributed by atoms with van der Waals surface area (Å²) in [5, 5.41) is 3.76. The van der Waals surface area contributed by atoms with Crippen molar-refractivity contribution >= 4 is 12.1 Å². The van der Waals surface area contributed by atoms with Gasteiger partial charge in [-0.25, -0.2) is 5.43 Å². The molecule has 104 valence electrons. The number of furan rings is 1. The predicted octanol–water partition coefficient (Wildman–Crippen LogP) is 2.37. The van der Waals surface area contributed by atoms with E-state index in [0.717, 1.165) is 6.42 Å². The zero-order valence-electron chi connectivity index (χ0n) is 11.2. The molecular formula is C15H16N2O3. The van der Waals surface area contributed by atoms with Crippen LogP contribution in [0.2, 0.25) is 0 Å². The Bertz CT molecular complexity index is 577. The molecule has 0 saturated carbocycles. The fraction of sp³-hybridized carbons (Fsp3) is 0.200. The summed E-state index contributed by atoms with van der Waals surface area (Å²) in [4.78, 5) is 11.5. The number of hydrazone groups is 1. The summed E-state index contributed by atoms with van der Waals surface area (Å²) in [7, 11) is 0. The van der Waals surface area contributed by atoms with Crippen LogP contribution < -0.4 is 10.2 Å². The lowest BCUT2D eigenvalue weighted by molar-refractivity contribution is -0.123. The van der Waals surface area contributed by atoms with Gasteiger partial charge in [0.05, 0.1) is 12.5 Å². The monoisotopic (exact) mass is 272 g/mol. The number of carbonyl (C=O) groups excluding carboxylic acids is 1. The lowest BCUT2D eigenvalue weighted by Crippen LogP contribution is -2.24. The molecule has 0 radical (unpaired) electrons. The van der Waals surface area contributed by atoms with Crippen LogP contribution in [0.5, 0.6) is 5.75 Å². The first-order valence-corrected chi connectivity index (χ1v) is 6.35. The van der Waals surface area contributed by atoms with Gasteiger partial charge in [-0.05, 0) is 36.2 Å². The molecule has 0 aliphatic rings. The largest absolute Gasteiger partial charge is 0.484 e. The fourth-order valence-corrected chi connectivity index (χ4v) is 1.57. The Kier molecular flexibility index (Phi) is 4.94. The normalized spacial score (nSPS) is 10.7. The van der Waals surface area contributed by atoms with Crippen LogP contribution >= 0.6 is 0 Å². The first-order valence-electron chi connectivity index (χ1n) is 6.35. The molecule has 0 atom stereocenters. The summed E-state index contributed by atoms with van der Waals surface area (Å²) in [6.07, 6.45) is 3.89. The molecule has 1 heterocycles. The van der Waals surface area contributed by atoms with Crippen molar-refractivity contribution in [1.29, 1.82) is 0 Å². The van der Waals surface area contributed by atoms with Gasteiger partial charge in [0.15, 0.2) is 6.61 Å². The Balaban J connectivity index is 1.77. The number of hydrogen-bond acceptors (Lipinski definition) is 4. The molecule has 2 aromatic rings. The van der Waals surface area contributed by atoms with Gasteiger partial charge < -0.3 is 9.15 Å². The molecule has 1 aromatic carbocycles. The summed E-state index contributed by atoms with van der Waals surface area (Å²) >= 11 is 0. The van der Waals surface area contributed by atoms with E-state index in [9.17, 15) is 4.79 Å². The molecule has 0 fully saturated rings. The van der Waals surface area contributed by atoms with Crippen molar-refractivity contribution in [3.05, 3.63) is 54.0 Å². The van der Waals surface area contributed by atoms with E-state index in [2.05, 4.69) is 17.5 Å². The fourth-order valence-electron chi connectivity index (χ4n) is 1.57. The Morgan fingerprint density at radius 3 is 3.05 bits per heavy atom. The maximum Gasteiger partial charge on any atom is 0.277 e. The topological polar surface area (TPSA) is 63.8 Å². The van der Waals surface area contributed by atoms with Crippen molar-refractivity contribution in [2.45, 2.75) is 13.3 Å². The van der Waals surface area contributed by atoms with Gasteiger partial charge in [0.1, 0.15) is 11.5 Å². The molecule has 0 aliphatic heterocycles. The van der Waals surface area contributed by atoms with E-state index in [1.54, 1.807) is 12.1 Å². The zero-order chi connectivity index (χ0) is 14.2. The highest BCUT2D eigenvalue weighted by molar-refractivity contribution is 5.81. The number of hydrogen-bond donors (Lipinski definition) is 1. The molecule has 1 N–H and O–H groups in total. The second-order valence-electron chi connectivity index (χ2n) is 4.10. The Labute approximate surface area is 117 Å². The standard InChI is InChI=1S/C15H16N2O3/c1-2-12-5-3-6-13(9-12)20-11-15(18)17-16-10-14-7-4-8-19-14/h3-10H,2,11H2,1H3,(H,17,18)/b16-10+. The third-order valence-corrected chi connectivity index (χ3v) is 2.60. The SMILES string of the molecule is CCc1cccc(OCC(=O)N/N=C/c2ccco2)c1. The molecule has 0 bridgehead atoms. The van der Waals surface area contributed by atoms with Crippen LogP contribution in [-0.4, -0.2) is 18.7 Å². The third-order valence-electron chi connectivity index (χ3n) is 2.60. The quantitative estimate of drug-likeness (QED) is 0.648. The average molecular weight is 272 g/mol. The zero-order valence-corrected chi connectivity index (χ0v) is 11.2. The highest BCUT2D eigenvalue weighted by Crippen LogP contribution is 2.13. The van der Waals surface area contributed by atoms with Crippen molar-refractivity contribution in [3.8, 4) is 5.75 Å². The van der Waals surface area contributed by atoms with Crippen molar-refractivity contribution < 1.29 is 13.9 Å². The second-order valence-corrected chi connectivity index (χ2v) is 4.10. The first kappa shape index (κ1) is 13.9. The van der Waals surface area contributed by atoms with E-state index in [-0.39, 0.29) is 12.5 Å². The van der Waals surface area contributed by atoms with E-state index in [0.29, 0.717) is 11.5 Å². The molecule has 0 saturated heterocycles. The van der Waals surface area contributed by atoms with E-state index >= 15 is 0 Å². The van der Waals surface area contributed by atoms with Gasteiger partial charge >= 0.3 is 0 Å². The molecule has 5 nitrogen and oxygen atoms in total. The summed E-state index contributed by atoms with van der Waals surface area (Å²) < 4.78 is 10.4. The van der Waals surface area contributed by atoms with Crippen molar-refractivity contribution in [2.24, 2.45) is 5.10 Å². The van der Waals surface area contributed by atoms with Crippen molar-refractivity contribution in [1.82, 2.24) is 5.43 Å². The second kappa shape index (κ2) is 7.13. The van der Waals surface area contributed by atoms with Crippen LogP contribution in [0.3, 0.4) is 0 Å². The van der Waals surface area contributed by atoms with Crippen LogP contribution in [0.15, 0.2) is 52.2 Å². The van der Waals surface area contributed by atoms with Gasteiger partial charge in [-0.1, -0.05) is 19.1 Å². The predicted molar refractivity (Wildman–Crippen MR) is 75.8 cm³/mol. The maximum absolute atomic E-state index is 11.5. The molecule has 0 spiro atoms. The first-order chi connectivity index (χ1) is 9.78. The number of benzene rings is 1. The molecule has 0 aliphatic carbocycles. The number of aryl methyl sites for hydroxylation is 1. The Morgan fingerprint density at radius 1 is 1.40 bits per heavy atom. The van der Waals surface area contributed by atoms with E-state index < -0.39 is 0 Å². The molecule has 1 aromatic heterocycles. The van der Waals surface area contributed by atoms with Crippen LogP contribution in [0, 0.1) is 0 Å². The van der Waals surface area contributed by atoms with E-state index in [1.165, 1.54) is 18.0 Å². The summed E-state index contributed by atoms with van der Waals surface area (Å²) in [6, 6.07) is 11.1. The summed E-state index contributed by atoms with van der Waals surface area (Å²) in [5.74, 6) is 0.922. The van der Waals surface area contributed by atoms with Gasteiger partial charge in [-0.2, -0.15) is 5.10 Å². The van der Waals surface area contributed by atoms with Gasteiger partial charge in [-0.3, -0.25) is 4.79 Å². The number of amides is 1. The summed E-state index contributed by atoms with van der Waals surface area (Å²) in [6.45, 7) is 1.98. The van der Waals surface area contributed by atoms with Crippen molar-refractivity contribution in [3.63, 3.8) is 0 Å². The minimum atomic E-state index is -0.324. The number of carbonyl (C=O) groups is 1. The number of ether oxygens (including phenoxy) is 1. The van der Waals surface area contributed by atoms with Gasteiger partial charge in [0, 0.05) is 0 Å². The van der Waals surface area contributed by atoms with Gasteiger partial charge in [0.25, 0.3) is 5.91 Å². The van der Waals surface area contributed by atoms with Crippen LogP contribution in [0.1, 0.15) is 18.2 Å². The summed E-state index contributed by atoms with van der Waals surface area (Å²) in [5.41, 5.74) is 3.53. The number of rotatable bonds is 6. The average Bonchev–Trinajstić information content (AvgIpc) is 2.98. The minimum Gasteiger partial charge on any atom is -0.484 e. The van der Waals surface area contributed by atoms with Gasteiger partial charge in [-0.15, -0.1) is 0 Å². The lowest BCUT2D eigenvalue weighted by atomic mass is 10.2. The minimum absolute atomic E-state index is 0.0807. The molecule has 20 heavy (non-hydrogen) atoms. The molecule has 2 rings (SSSR count). The maximum atomic E-state index is 11.5. The van der Waals surface area contributed by atoms with Crippen LogP contribution in [0.4, 0.5) is 0 Å². The Morgan fingerprint density at radius 2 is 2.30 bits per heavy atom. The van der Waals surface area contributed by atoms with Crippen molar-refractivity contribution in [2.75, 3.05) is 6.61 Å². The molecule has 5 heteroatoms. The number of nitrogens with zero attached hydrogens (tertiary/aromatic N) is 1. The molecule has 0 unspecified atom stereocenters. The highest BCUT2D eigenvalue weighted by Gasteiger charge is 2.02. The van der Waals surface area contributed by atoms with Crippen LogP contribution in [-0.2, 0) is 11.2 Å².